The number of ether oxygens (including phenoxy) is 2. The van der Waals surface area contributed by atoms with Crippen LogP contribution < -0.4 is 4.74 Å². The number of carbonyl (C=O) groups is 1. The topological polar surface area (TPSA) is 66.5 Å². The fourth-order valence-corrected chi connectivity index (χ4v) is 2.61. The summed E-state index contributed by atoms with van der Waals surface area (Å²) >= 11 is 0. The molecule has 0 aliphatic heterocycles. The summed E-state index contributed by atoms with van der Waals surface area (Å²) in [7, 11) is 1.61. The van der Waals surface area contributed by atoms with E-state index in [0.29, 0.717) is 17.1 Å². The first-order valence-electron chi connectivity index (χ1n) is 8.31. The lowest BCUT2D eigenvalue weighted by Crippen LogP contribution is -2.32. The zero-order chi connectivity index (χ0) is 18.7. The highest BCUT2D eigenvalue weighted by Crippen LogP contribution is 2.28. The third kappa shape index (κ3) is 3.64. The Balaban J connectivity index is 1.75. The molecule has 3 rings (SSSR count). The second-order valence-corrected chi connectivity index (χ2v) is 6.67. The van der Waals surface area contributed by atoms with Crippen molar-refractivity contribution in [2.75, 3.05) is 13.7 Å². The summed E-state index contributed by atoms with van der Waals surface area (Å²) in [4.78, 5) is 16.6. The average molecular weight is 354 g/mol. The van der Waals surface area contributed by atoms with E-state index in [1.165, 1.54) is 0 Å². The largest absolute Gasteiger partial charge is 0.497 e. The molecule has 0 bridgehead atoms. The Labute approximate surface area is 152 Å². The van der Waals surface area contributed by atoms with Crippen LogP contribution in [0.25, 0.3) is 11.3 Å². The van der Waals surface area contributed by atoms with E-state index in [1.54, 1.807) is 32.6 Å². The molecule has 0 unspecified atom stereocenters. The van der Waals surface area contributed by atoms with E-state index in [2.05, 4.69) is 4.98 Å². The van der Waals surface area contributed by atoms with Crippen molar-refractivity contribution >= 4 is 5.97 Å². The van der Waals surface area contributed by atoms with Gasteiger partial charge in [-0.25, -0.2) is 9.78 Å². The smallest absolute Gasteiger partial charge is 0.341 e. The van der Waals surface area contributed by atoms with E-state index in [4.69, 9.17) is 13.9 Å². The fraction of sp³-hybridized carbons (Fsp3) is 0.300. The van der Waals surface area contributed by atoms with Crippen LogP contribution in [0.15, 0.2) is 53.5 Å². The molecular weight excluding hydrogens is 332 g/mol. The molecule has 0 spiro atoms. The maximum absolute atomic E-state index is 12.5. The number of nitrogens with zero attached hydrogens (tertiary/aromatic N) is 2. The van der Waals surface area contributed by atoms with Crippen LogP contribution in [0.5, 0.6) is 5.75 Å². The van der Waals surface area contributed by atoms with Crippen LogP contribution in [0, 0.1) is 6.92 Å². The molecule has 0 saturated carbocycles. The number of esters is 1. The molecule has 0 N–H and O–H groups in total. The number of rotatable bonds is 6. The first kappa shape index (κ1) is 17.8. The molecule has 136 valence electrons. The normalized spacial score (nSPS) is 11.4. The molecule has 6 nitrogen and oxygen atoms in total. The van der Waals surface area contributed by atoms with Crippen molar-refractivity contribution in [3.8, 4) is 17.1 Å². The molecule has 0 aliphatic carbocycles. The van der Waals surface area contributed by atoms with Crippen molar-refractivity contribution in [3.63, 3.8) is 0 Å². The van der Waals surface area contributed by atoms with Crippen molar-refractivity contribution in [1.29, 1.82) is 0 Å². The number of imidazole rings is 1. The molecule has 26 heavy (non-hydrogen) atoms. The molecule has 0 radical (unpaired) electrons. The minimum Gasteiger partial charge on any atom is -0.497 e. The van der Waals surface area contributed by atoms with Crippen LogP contribution in [0.3, 0.4) is 0 Å². The minimum atomic E-state index is -0.409. The molecule has 0 atom stereocenters. The lowest BCUT2D eigenvalue weighted by Gasteiger charge is -2.25. The van der Waals surface area contributed by atoms with E-state index in [9.17, 15) is 4.79 Å². The first-order valence-corrected chi connectivity index (χ1v) is 8.31. The molecule has 6 heteroatoms. The van der Waals surface area contributed by atoms with Gasteiger partial charge >= 0.3 is 5.97 Å². The summed E-state index contributed by atoms with van der Waals surface area (Å²) in [5, 5.41) is 0. The van der Waals surface area contributed by atoms with Crippen molar-refractivity contribution in [2.24, 2.45) is 0 Å². The minimum absolute atomic E-state index is 0.224. The maximum Gasteiger partial charge on any atom is 0.341 e. The summed E-state index contributed by atoms with van der Waals surface area (Å²) < 4.78 is 18.4. The second-order valence-electron chi connectivity index (χ2n) is 6.67. The standard InChI is InChI=1S/C20H22N2O4/c1-14-17(11-18(26-14)15-6-5-7-16(10-15)24-4)19(23)25-12-20(2,3)22-9-8-21-13-22/h5-11,13H,12H2,1-4H3. The highest BCUT2D eigenvalue weighted by Gasteiger charge is 2.24. The molecule has 1 aromatic carbocycles. The monoisotopic (exact) mass is 354 g/mol. The summed E-state index contributed by atoms with van der Waals surface area (Å²) in [6.07, 6.45) is 5.25. The fourth-order valence-electron chi connectivity index (χ4n) is 2.61. The highest BCUT2D eigenvalue weighted by atomic mass is 16.5. The van der Waals surface area contributed by atoms with Crippen LogP contribution >= 0.6 is 0 Å². The second kappa shape index (κ2) is 7.07. The Morgan fingerprint density at radius 2 is 2.12 bits per heavy atom. The third-order valence-electron chi connectivity index (χ3n) is 4.25. The molecule has 0 aliphatic rings. The molecule has 0 saturated heterocycles. The molecule has 3 aromatic rings. The van der Waals surface area contributed by atoms with Crippen LogP contribution in [-0.2, 0) is 10.3 Å². The maximum atomic E-state index is 12.5. The summed E-state index contributed by atoms with van der Waals surface area (Å²) in [6, 6.07) is 9.19. The SMILES string of the molecule is COc1cccc(-c2cc(C(=O)OCC(C)(C)n3ccnc3)c(C)o2)c1. The van der Waals surface area contributed by atoms with Gasteiger partial charge < -0.3 is 18.5 Å². The number of carbonyl (C=O) groups excluding carboxylic acids is 1. The number of hydrogen-bond donors (Lipinski definition) is 0. The van der Waals surface area contributed by atoms with Gasteiger partial charge in [0.2, 0.25) is 0 Å². The Morgan fingerprint density at radius 1 is 1.31 bits per heavy atom. The van der Waals surface area contributed by atoms with Crippen molar-refractivity contribution < 1.29 is 18.7 Å². The zero-order valence-corrected chi connectivity index (χ0v) is 15.4. The number of furan rings is 1. The number of aromatic nitrogens is 2. The highest BCUT2D eigenvalue weighted by molar-refractivity contribution is 5.92. The van der Waals surface area contributed by atoms with Crippen LogP contribution in [0.2, 0.25) is 0 Å². The van der Waals surface area contributed by atoms with Gasteiger partial charge in [0.25, 0.3) is 0 Å². The third-order valence-corrected chi connectivity index (χ3v) is 4.25. The van der Waals surface area contributed by atoms with Gasteiger partial charge in [0.15, 0.2) is 0 Å². The summed E-state index contributed by atoms with van der Waals surface area (Å²) in [6.45, 7) is 5.93. The zero-order valence-electron chi connectivity index (χ0n) is 15.4. The summed E-state index contributed by atoms with van der Waals surface area (Å²) in [5.74, 6) is 1.44. The van der Waals surface area contributed by atoms with Crippen molar-refractivity contribution in [2.45, 2.75) is 26.3 Å². The van der Waals surface area contributed by atoms with E-state index in [1.807, 2.05) is 48.9 Å². The Kier molecular flexibility index (Phi) is 4.84. The van der Waals surface area contributed by atoms with E-state index < -0.39 is 5.97 Å². The molecule has 2 aromatic heterocycles. The van der Waals surface area contributed by atoms with Crippen LogP contribution in [0.1, 0.15) is 30.0 Å². The van der Waals surface area contributed by atoms with Crippen LogP contribution in [0.4, 0.5) is 0 Å². The van der Waals surface area contributed by atoms with Gasteiger partial charge in [-0.05, 0) is 39.0 Å². The number of aryl methyl sites for hydroxylation is 1. The van der Waals surface area contributed by atoms with Gasteiger partial charge in [0, 0.05) is 18.0 Å². The predicted molar refractivity (Wildman–Crippen MR) is 97.3 cm³/mol. The first-order chi connectivity index (χ1) is 12.4. The van der Waals surface area contributed by atoms with Crippen molar-refractivity contribution in [3.05, 3.63) is 60.4 Å². The number of hydrogen-bond acceptors (Lipinski definition) is 5. The van der Waals surface area contributed by atoms with Gasteiger partial charge in [0.05, 0.1) is 19.0 Å². The lowest BCUT2D eigenvalue weighted by molar-refractivity contribution is 0.0355. The number of methoxy groups -OCH3 is 1. The Hall–Kier alpha value is -3.02. The van der Waals surface area contributed by atoms with Crippen LogP contribution in [-0.4, -0.2) is 29.2 Å². The Bertz CT molecular complexity index is 894. The molecule has 2 heterocycles. The van der Waals surface area contributed by atoms with Gasteiger partial charge in [-0.2, -0.15) is 0 Å². The van der Waals surface area contributed by atoms with Gasteiger partial charge in [-0.15, -0.1) is 0 Å². The summed E-state index contributed by atoms with van der Waals surface area (Å²) in [5.41, 5.74) is 0.869. The van der Waals surface area contributed by atoms with E-state index >= 15 is 0 Å². The molecule has 0 amide bonds. The molecular formula is C20H22N2O4. The van der Waals surface area contributed by atoms with Gasteiger partial charge in [0.1, 0.15) is 29.4 Å². The average Bonchev–Trinajstić information content (AvgIpc) is 3.30. The number of benzene rings is 1. The van der Waals surface area contributed by atoms with E-state index in [-0.39, 0.29) is 12.1 Å². The van der Waals surface area contributed by atoms with Gasteiger partial charge in [-0.1, -0.05) is 12.1 Å². The van der Waals surface area contributed by atoms with Crippen molar-refractivity contribution in [1.82, 2.24) is 9.55 Å². The Morgan fingerprint density at radius 3 is 2.81 bits per heavy atom. The van der Waals surface area contributed by atoms with E-state index in [0.717, 1.165) is 11.3 Å². The predicted octanol–water partition coefficient (Wildman–Crippen LogP) is 4.05. The lowest BCUT2D eigenvalue weighted by atomic mass is 10.1. The van der Waals surface area contributed by atoms with Gasteiger partial charge in [-0.3, -0.25) is 0 Å². The molecule has 0 fully saturated rings. The quantitative estimate of drug-likeness (QED) is 0.625.